The van der Waals surface area contributed by atoms with Crippen molar-refractivity contribution >= 4 is 35.2 Å². The Kier molecular flexibility index (Phi) is 8.94. The van der Waals surface area contributed by atoms with E-state index in [4.69, 9.17) is 16.3 Å². The standard InChI is InChI=1S/C28H36ClN3O6/c1-15-9-8-12-19(29)22(15)31-25(35)23(18-11-7-10-16(2)24(18)34)32(21-13-17(21)3)26(36)20(14-33)30-27(37)38-28(4,5)6/h7-12,17,20-21,23,33-34H,13-14H2,1-6H3,(H,30,37)(H,31,35). The van der Waals surface area contributed by atoms with Gasteiger partial charge in [0.15, 0.2) is 0 Å². The van der Waals surface area contributed by atoms with E-state index in [1.54, 1.807) is 71.0 Å². The van der Waals surface area contributed by atoms with Crippen LogP contribution in [0.2, 0.25) is 5.02 Å². The first-order valence-electron chi connectivity index (χ1n) is 12.5. The van der Waals surface area contributed by atoms with E-state index in [1.807, 2.05) is 6.92 Å². The van der Waals surface area contributed by atoms with Gasteiger partial charge in [-0.05, 0) is 64.2 Å². The van der Waals surface area contributed by atoms with E-state index in [2.05, 4.69) is 10.6 Å². The third kappa shape index (κ3) is 6.76. The van der Waals surface area contributed by atoms with Crippen LogP contribution in [0.1, 0.15) is 56.8 Å². The molecule has 1 aliphatic rings. The molecule has 0 aliphatic heterocycles. The Morgan fingerprint density at radius 2 is 1.74 bits per heavy atom. The van der Waals surface area contributed by atoms with Crippen LogP contribution in [0.25, 0.3) is 0 Å². The molecule has 0 heterocycles. The Hall–Kier alpha value is -3.30. The molecule has 0 bridgehead atoms. The number of hydrogen-bond acceptors (Lipinski definition) is 6. The fourth-order valence-electron chi connectivity index (χ4n) is 4.29. The highest BCUT2D eigenvalue weighted by molar-refractivity contribution is 6.34. The van der Waals surface area contributed by atoms with Crippen LogP contribution in [-0.4, -0.2) is 57.3 Å². The van der Waals surface area contributed by atoms with Gasteiger partial charge < -0.3 is 30.5 Å². The van der Waals surface area contributed by atoms with E-state index >= 15 is 0 Å². The number of hydrogen-bond donors (Lipinski definition) is 4. The summed E-state index contributed by atoms with van der Waals surface area (Å²) in [5.41, 5.74) is 1.03. The van der Waals surface area contributed by atoms with Gasteiger partial charge in [0.05, 0.1) is 17.3 Å². The summed E-state index contributed by atoms with van der Waals surface area (Å²) in [6.45, 7) is 9.74. The van der Waals surface area contributed by atoms with Crippen LogP contribution in [0, 0.1) is 19.8 Å². The van der Waals surface area contributed by atoms with Crippen molar-refractivity contribution in [3.05, 3.63) is 58.1 Å². The molecule has 1 fully saturated rings. The molecule has 4 N–H and O–H groups in total. The van der Waals surface area contributed by atoms with E-state index in [1.165, 1.54) is 4.90 Å². The van der Waals surface area contributed by atoms with Gasteiger partial charge in [-0.15, -0.1) is 0 Å². The molecule has 0 aromatic heterocycles. The molecule has 2 aromatic rings. The van der Waals surface area contributed by atoms with E-state index in [0.29, 0.717) is 22.7 Å². The number of aromatic hydroxyl groups is 1. The smallest absolute Gasteiger partial charge is 0.408 e. The summed E-state index contributed by atoms with van der Waals surface area (Å²) in [5.74, 6) is -1.34. The molecule has 206 valence electrons. The fourth-order valence-corrected chi connectivity index (χ4v) is 4.56. The minimum Gasteiger partial charge on any atom is -0.507 e. The molecule has 1 aliphatic carbocycles. The lowest BCUT2D eigenvalue weighted by Crippen LogP contribution is -2.54. The number of phenolic OH excluding ortho intramolecular Hbond substituents is 1. The highest BCUT2D eigenvalue weighted by atomic mass is 35.5. The third-order valence-corrected chi connectivity index (χ3v) is 6.73. The Morgan fingerprint density at radius 3 is 2.29 bits per heavy atom. The number of carbonyl (C=O) groups excluding carboxylic acids is 3. The minimum absolute atomic E-state index is 0.0594. The van der Waals surface area contributed by atoms with Gasteiger partial charge in [0, 0.05) is 11.6 Å². The summed E-state index contributed by atoms with van der Waals surface area (Å²) in [4.78, 5) is 41.6. The van der Waals surface area contributed by atoms with Crippen molar-refractivity contribution in [1.82, 2.24) is 10.2 Å². The zero-order valence-electron chi connectivity index (χ0n) is 22.5. The molecule has 4 unspecified atom stereocenters. The number of nitrogens with zero attached hydrogens (tertiary/aromatic N) is 1. The van der Waals surface area contributed by atoms with Crippen LogP contribution >= 0.6 is 11.6 Å². The number of halogens is 1. The molecule has 0 spiro atoms. The topological polar surface area (TPSA) is 128 Å². The molecule has 10 heteroatoms. The molecule has 9 nitrogen and oxygen atoms in total. The summed E-state index contributed by atoms with van der Waals surface area (Å²) in [6, 6.07) is 7.14. The zero-order valence-corrected chi connectivity index (χ0v) is 23.3. The van der Waals surface area contributed by atoms with Gasteiger partial charge in [-0.2, -0.15) is 0 Å². The second kappa shape index (κ2) is 11.6. The second-order valence-electron chi connectivity index (χ2n) is 10.7. The first-order valence-corrected chi connectivity index (χ1v) is 12.9. The average Bonchev–Trinajstić information content (AvgIpc) is 3.54. The summed E-state index contributed by atoms with van der Waals surface area (Å²) >= 11 is 6.36. The number of anilines is 1. The maximum absolute atomic E-state index is 13.9. The number of rotatable bonds is 8. The molecular formula is C28H36ClN3O6. The first-order chi connectivity index (χ1) is 17.7. The maximum atomic E-state index is 13.9. The van der Waals surface area contributed by atoms with Crippen molar-refractivity contribution in [3.63, 3.8) is 0 Å². The molecule has 3 rings (SSSR count). The lowest BCUT2D eigenvalue weighted by Gasteiger charge is -2.35. The molecule has 4 atom stereocenters. The molecular weight excluding hydrogens is 510 g/mol. The predicted octanol–water partition coefficient (Wildman–Crippen LogP) is 4.46. The van der Waals surface area contributed by atoms with Crippen molar-refractivity contribution in [2.75, 3.05) is 11.9 Å². The van der Waals surface area contributed by atoms with E-state index in [9.17, 15) is 24.6 Å². The fraction of sp³-hybridized carbons (Fsp3) is 0.464. The Labute approximate surface area is 228 Å². The Balaban J connectivity index is 2.06. The summed E-state index contributed by atoms with van der Waals surface area (Å²) < 4.78 is 5.26. The molecule has 38 heavy (non-hydrogen) atoms. The van der Waals surface area contributed by atoms with Crippen molar-refractivity contribution in [2.24, 2.45) is 5.92 Å². The number of alkyl carbamates (subject to hydrolysis) is 1. The number of aliphatic hydroxyl groups is 1. The number of carbonyl (C=O) groups is 3. The van der Waals surface area contributed by atoms with Crippen LogP contribution in [0.15, 0.2) is 36.4 Å². The van der Waals surface area contributed by atoms with Gasteiger partial charge in [0.2, 0.25) is 5.91 Å². The number of benzene rings is 2. The molecule has 1 saturated carbocycles. The second-order valence-corrected chi connectivity index (χ2v) is 11.2. The number of aryl methyl sites for hydroxylation is 2. The number of nitrogens with one attached hydrogen (secondary N) is 2. The monoisotopic (exact) mass is 545 g/mol. The number of aliphatic hydroxyl groups excluding tert-OH is 1. The highest BCUT2D eigenvalue weighted by Crippen LogP contribution is 2.43. The van der Waals surface area contributed by atoms with Crippen molar-refractivity contribution in [1.29, 1.82) is 0 Å². The van der Waals surface area contributed by atoms with Crippen LogP contribution in [0.4, 0.5) is 10.5 Å². The Morgan fingerprint density at radius 1 is 1.13 bits per heavy atom. The SMILES string of the molecule is Cc1cccc(C(C(=O)Nc2c(C)cccc2Cl)N(C(=O)C(CO)NC(=O)OC(C)(C)C)C2CC2C)c1O. The van der Waals surface area contributed by atoms with Crippen LogP contribution in [-0.2, 0) is 14.3 Å². The van der Waals surface area contributed by atoms with E-state index in [0.717, 1.165) is 5.56 Å². The van der Waals surface area contributed by atoms with Crippen molar-refractivity contribution < 1.29 is 29.3 Å². The summed E-state index contributed by atoms with van der Waals surface area (Å²) in [6.07, 6.45) is -0.266. The van der Waals surface area contributed by atoms with Crippen LogP contribution in [0.3, 0.4) is 0 Å². The lowest BCUT2D eigenvalue weighted by molar-refractivity contribution is -0.142. The minimum atomic E-state index is -1.37. The maximum Gasteiger partial charge on any atom is 0.408 e. The first kappa shape index (κ1) is 29.3. The average molecular weight is 546 g/mol. The molecule has 3 amide bonds. The van der Waals surface area contributed by atoms with Crippen molar-refractivity contribution in [2.45, 2.75) is 71.7 Å². The number of para-hydroxylation sites is 2. The lowest BCUT2D eigenvalue weighted by atomic mass is 9.98. The van der Waals surface area contributed by atoms with Crippen molar-refractivity contribution in [3.8, 4) is 5.75 Å². The van der Waals surface area contributed by atoms with Gasteiger partial charge in [0.25, 0.3) is 5.91 Å². The summed E-state index contributed by atoms with van der Waals surface area (Å²) in [7, 11) is 0. The quantitative estimate of drug-likeness (QED) is 0.387. The third-order valence-electron chi connectivity index (χ3n) is 6.41. The largest absolute Gasteiger partial charge is 0.507 e. The highest BCUT2D eigenvalue weighted by Gasteiger charge is 2.49. The number of ether oxygens (including phenoxy) is 1. The summed E-state index contributed by atoms with van der Waals surface area (Å²) in [5, 5.41) is 26.6. The molecule has 0 saturated heterocycles. The van der Waals surface area contributed by atoms with E-state index < -0.39 is 42.2 Å². The van der Waals surface area contributed by atoms with Gasteiger partial charge in [-0.1, -0.05) is 48.9 Å². The number of phenols is 1. The van der Waals surface area contributed by atoms with E-state index in [-0.39, 0.29) is 23.3 Å². The van der Waals surface area contributed by atoms with Gasteiger partial charge in [-0.25, -0.2) is 4.79 Å². The van der Waals surface area contributed by atoms with Gasteiger partial charge >= 0.3 is 6.09 Å². The zero-order chi connectivity index (χ0) is 28.4. The predicted molar refractivity (Wildman–Crippen MR) is 145 cm³/mol. The van der Waals surface area contributed by atoms with Crippen LogP contribution in [0.5, 0.6) is 5.75 Å². The van der Waals surface area contributed by atoms with Crippen LogP contribution < -0.4 is 10.6 Å². The van der Waals surface area contributed by atoms with Gasteiger partial charge in [0.1, 0.15) is 23.4 Å². The number of amides is 3. The Bertz CT molecular complexity index is 1190. The van der Waals surface area contributed by atoms with Gasteiger partial charge in [-0.3, -0.25) is 9.59 Å². The molecule has 0 radical (unpaired) electrons. The molecule has 2 aromatic carbocycles. The normalized spacial score (nSPS) is 18.2.